The molecular weight excluding hydrogens is 180 g/mol. The molecule has 0 aliphatic rings. The molecule has 0 fully saturated rings. The largest absolute Gasteiger partial charge is 1.00 e. The molecule has 1 N–H and O–H groups in total. The molecule has 0 saturated heterocycles. The summed E-state index contributed by atoms with van der Waals surface area (Å²) in [4.78, 5) is 0. The number of para-hydroxylation sites is 1. The van der Waals surface area contributed by atoms with Gasteiger partial charge in [0.25, 0.3) is 0 Å². The first-order valence-corrected chi connectivity index (χ1v) is 2.87. The zero-order valence-corrected chi connectivity index (χ0v) is 8.39. The molecule has 0 aliphatic heterocycles. The summed E-state index contributed by atoms with van der Waals surface area (Å²) in [6.45, 7) is 0. The van der Waals surface area contributed by atoms with E-state index in [1.54, 1.807) is 0 Å². The van der Waals surface area contributed by atoms with E-state index >= 15 is 0 Å². The zero-order chi connectivity index (χ0) is 8.48. The Morgan fingerprint density at radius 1 is 1.17 bits per heavy atom. The zero-order valence-electron chi connectivity index (χ0n) is 7.39. The Morgan fingerprint density at radius 3 is 2.00 bits per heavy atom. The van der Waals surface area contributed by atoms with Gasteiger partial charge in [-0.15, -0.1) is 0 Å². The fraction of sp³-hybridized carbons (Fsp3) is 0.143. The molecule has 1 aromatic rings. The van der Waals surface area contributed by atoms with Crippen LogP contribution >= 0.6 is 0 Å². The molecule has 0 radical (unpaired) electrons. The summed E-state index contributed by atoms with van der Waals surface area (Å²) in [7, 11) is 0. The van der Waals surface area contributed by atoms with Gasteiger partial charge < -0.3 is 6.53 Å². The molecule has 0 unspecified atom stereocenters. The minimum absolute atomic E-state index is 0. The number of hydrogen-bond acceptors (Lipinski definition) is 1. The van der Waals surface area contributed by atoms with E-state index in [9.17, 15) is 13.2 Å². The summed E-state index contributed by atoms with van der Waals surface area (Å²) >= 11 is 0. The average molecular weight is 186 g/mol. The standard InChI is InChI=1S/C7H5F3O.Na.H/c8-7(9,10)5-3-1-2-4-6(5)11;;/h1-4,11H;;/q;+1;-1. The molecule has 62 valence electrons. The Morgan fingerprint density at radius 2 is 1.67 bits per heavy atom. The van der Waals surface area contributed by atoms with E-state index in [2.05, 4.69) is 0 Å². The van der Waals surface area contributed by atoms with Crippen LogP contribution in [-0.4, -0.2) is 5.11 Å². The van der Waals surface area contributed by atoms with Crippen LogP contribution in [0.1, 0.15) is 6.99 Å². The number of rotatable bonds is 0. The molecule has 0 heterocycles. The van der Waals surface area contributed by atoms with Gasteiger partial charge in [-0.3, -0.25) is 0 Å². The van der Waals surface area contributed by atoms with Gasteiger partial charge in [0.1, 0.15) is 5.75 Å². The topological polar surface area (TPSA) is 20.2 Å². The molecule has 12 heavy (non-hydrogen) atoms. The van der Waals surface area contributed by atoms with Gasteiger partial charge in [0.2, 0.25) is 0 Å². The van der Waals surface area contributed by atoms with Crippen molar-refractivity contribution in [2.24, 2.45) is 0 Å². The summed E-state index contributed by atoms with van der Waals surface area (Å²) in [5.74, 6) is -0.736. The van der Waals surface area contributed by atoms with E-state index in [1.807, 2.05) is 0 Å². The van der Waals surface area contributed by atoms with Crippen LogP contribution in [-0.2, 0) is 6.18 Å². The number of aromatic hydroxyl groups is 1. The van der Waals surface area contributed by atoms with Crippen molar-refractivity contribution in [3.63, 3.8) is 0 Å². The molecular formula is C7H6F3NaO. The summed E-state index contributed by atoms with van der Waals surface area (Å²) in [6.07, 6.45) is -4.47. The van der Waals surface area contributed by atoms with Crippen LogP contribution < -0.4 is 29.6 Å². The number of hydrogen-bond donors (Lipinski definition) is 1. The molecule has 1 rings (SSSR count). The predicted octanol–water partition coefficient (Wildman–Crippen LogP) is -0.473. The van der Waals surface area contributed by atoms with Crippen LogP contribution in [0.25, 0.3) is 0 Å². The maximum atomic E-state index is 11.9. The molecule has 0 spiro atoms. The van der Waals surface area contributed by atoms with E-state index in [4.69, 9.17) is 5.11 Å². The van der Waals surface area contributed by atoms with E-state index < -0.39 is 17.5 Å². The third kappa shape index (κ3) is 2.69. The van der Waals surface area contributed by atoms with Crippen molar-refractivity contribution in [1.82, 2.24) is 0 Å². The first kappa shape index (κ1) is 11.8. The van der Waals surface area contributed by atoms with E-state index in [-0.39, 0.29) is 31.0 Å². The Kier molecular flexibility index (Phi) is 4.10. The minimum Gasteiger partial charge on any atom is -1.00 e. The SMILES string of the molecule is Oc1ccccc1C(F)(F)F.[H-].[Na+]. The van der Waals surface area contributed by atoms with Gasteiger partial charge in [-0.05, 0) is 12.1 Å². The van der Waals surface area contributed by atoms with Crippen LogP contribution in [0.4, 0.5) is 13.2 Å². The van der Waals surface area contributed by atoms with Crippen molar-refractivity contribution >= 4 is 0 Å². The minimum atomic E-state index is -4.47. The van der Waals surface area contributed by atoms with Crippen molar-refractivity contribution in [3.8, 4) is 5.75 Å². The van der Waals surface area contributed by atoms with Crippen molar-refractivity contribution in [1.29, 1.82) is 0 Å². The Balaban J connectivity index is 0. The smallest absolute Gasteiger partial charge is 1.00 e. The van der Waals surface area contributed by atoms with Gasteiger partial charge in [-0.1, -0.05) is 12.1 Å². The Labute approximate surface area is 91.0 Å². The quantitative estimate of drug-likeness (QED) is 0.543. The molecule has 5 heteroatoms. The molecule has 1 nitrogen and oxygen atoms in total. The number of alkyl halides is 3. The molecule has 0 amide bonds. The molecule has 0 aliphatic carbocycles. The summed E-state index contributed by atoms with van der Waals surface area (Å²) in [5, 5.41) is 8.73. The summed E-state index contributed by atoms with van der Waals surface area (Å²) < 4.78 is 35.7. The van der Waals surface area contributed by atoms with E-state index in [0.29, 0.717) is 0 Å². The van der Waals surface area contributed by atoms with Crippen molar-refractivity contribution in [2.75, 3.05) is 0 Å². The second-order valence-corrected chi connectivity index (χ2v) is 2.01. The monoisotopic (exact) mass is 186 g/mol. The predicted molar refractivity (Wildman–Crippen MR) is 34.2 cm³/mol. The third-order valence-electron chi connectivity index (χ3n) is 1.21. The van der Waals surface area contributed by atoms with Gasteiger partial charge in [-0.2, -0.15) is 13.2 Å². The number of halogens is 3. The van der Waals surface area contributed by atoms with Gasteiger partial charge >= 0.3 is 35.7 Å². The number of phenolic OH excluding ortho intramolecular Hbond substituents is 1. The van der Waals surface area contributed by atoms with Crippen LogP contribution in [0.3, 0.4) is 0 Å². The van der Waals surface area contributed by atoms with Crippen molar-refractivity contribution in [2.45, 2.75) is 6.18 Å². The van der Waals surface area contributed by atoms with Gasteiger partial charge in [0, 0.05) is 0 Å². The van der Waals surface area contributed by atoms with E-state index in [0.717, 1.165) is 12.1 Å². The van der Waals surface area contributed by atoms with Crippen LogP contribution in [0, 0.1) is 0 Å². The molecule has 0 bridgehead atoms. The second-order valence-electron chi connectivity index (χ2n) is 2.01. The molecule has 0 atom stereocenters. The fourth-order valence-corrected chi connectivity index (χ4v) is 0.713. The van der Waals surface area contributed by atoms with Crippen molar-refractivity contribution in [3.05, 3.63) is 29.8 Å². The number of phenols is 1. The second kappa shape index (κ2) is 4.16. The first-order chi connectivity index (χ1) is 5.02. The van der Waals surface area contributed by atoms with E-state index in [1.165, 1.54) is 12.1 Å². The maximum Gasteiger partial charge on any atom is 1.00 e. The van der Waals surface area contributed by atoms with Crippen LogP contribution in [0.15, 0.2) is 24.3 Å². The molecule has 0 aromatic heterocycles. The fourth-order valence-electron chi connectivity index (χ4n) is 0.713. The Bertz CT molecular complexity index is 264. The third-order valence-corrected chi connectivity index (χ3v) is 1.21. The summed E-state index contributed by atoms with van der Waals surface area (Å²) in [6, 6.07) is 4.39. The van der Waals surface area contributed by atoms with Gasteiger partial charge in [-0.25, -0.2) is 0 Å². The normalized spacial score (nSPS) is 10.6. The first-order valence-electron chi connectivity index (χ1n) is 2.87. The van der Waals surface area contributed by atoms with Crippen LogP contribution in [0.5, 0.6) is 5.75 Å². The van der Waals surface area contributed by atoms with Crippen LogP contribution in [0.2, 0.25) is 0 Å². The van der Waals surface area contributed by atoms with Crippen molar-refractivity contribution < 1.29 is 49.3 Å². The van der Waals surface area contributed by atoms with Gasteiger partial charge in [0.15, 0.2) is 0 Å². The maximum absolute atomic E-state index is 11.9. The van der Waals surface area contributed by atoms with Gasteiger partial charge in [0.05, 0.1) is 5.56 Å². The summed E-state index contributed by atoms with van der Waals surface area (Å²) in [5.41, 5.74) is -1.000. The molecule has 0 saturated carbocycles. The number of benzene rings is 1. The Hall–Kier alpha value is -0.190. The molecule has 1 aromatic carbocycles. The average Bonchev–Trinajstić information content (AvgIpc) is 1.86.